The van der Waals surface area contributed by atoms with E-state index in [0.29, 0.717) is 13.0 Å². The van der Waals surface area contributed by atoms with Gasteiger partial charge in [0.05, 0.1) is 0 Å². The number of carbonyl (C=O) groups excluding carboxylic acids is 1. The molecule has 0 aromatic carbocycles. The zero-order valence-corrected chi connectivity index (χ0v) is 7.85. The SMILES string of the molecule is NC(=O)/C=C/CN1CCCC1C(=O)O. The number of nitrogens with zero attached hydrogens (tertiary/aromatic N) is 1. The van der Waals surface area contributed by atoms with Crippen molar-refractivity contribution in [1.29, 1.82) is 0 Å². The number of carbonyl (C=O) groups is 2. The predicted octanol–water partition coefficient (Wildman–Crippen LogP) is -0.423. The lowest BCUT2D eigenvalue weighted by atomic mass is 10.2. The third-order valence-corrected chi connectivity index (χ3v) is 2.27. The van der Waals surface area contributed by atoms with Crippen LogP contribution in [0.15, 0.2) is 12.2 Å². The molecule has 0 aromatic heterocycles. The number of carboxylic acids is 1. The second-order valence-electron chi connectivity index (χ2n) is 3.30. The topological polar surface area (TPSA) is 83.6 Å². The lowest BCUT2D eigenvalue weighted by molar-refractivity contribution is -0.141. The van der Waals surface area contributed by atoms with Crippen molar-refractivity contribution >= 4 is 11.9 Å². The second kappa shape index (κ2) is 4.76. The standard InChI is InChI=1S/C9H14N2O3/c10-8(12)4-2-6-11-5-1-3-7(11)9(13)14/h2,4,7H,1,3,5-6H2,(H2,10,12)(H,13,14)/b4-2+. The average Bonchev–Trinajstić information content (AvgIpc) is 2.51. The molecular formula is C9H14N2O3. The second-order valence-corrected chi connectivity index (χ2v) is 3.30. The van der Waals surface area contributed by atoms with Crippen LogP contribution in [0.4, 0.5) is 0 Å². The van der Waals surface area contributed by atoms with Crippen LogP contribution in [0.1, 0.15) is 12.8 Å². The minimum absolute atomic E-state index is 0.410. The van der Waals surface area contributed by atoms with Crippen LogP contribution in [-0.4, -0.2) is 41.0 Å². The molecule has 1 fully saturated rings. The van der Waals surface area contributed by atoms with E-state index in [-0.39, 0.29) is 0 Å². The highest BCUT2D eigenvalue weighted by molar-refractivity contribution is 5.85. The third kappa shape index (κ3) is 2.85. The van der Waals surface area contributed by atoms with E-state index < -0.39 is 17.9 Å². The van der Waals surface area contributed by atoms with Gasteiger partial charge in [0.1, 0.15) is 6.04 Å². The maximum atomic E-state index is 10.8. The fourth-order valence-electron chi connectivity index (χ4n) is 1.63. The van der Waals surface area contributed by atoms with E-state index in [9.17, 15) is 9.59 Å². The molecule has 5 heteroatoms. The highest BCUT2D eigenvalue weighted by Crippen LogP contribution is 2.16. The first-order valence-corrected chi connectivity index (χ1v) is 4.54. The van der Waals surface area contributed by atoms with E-state index in [1.807, 2.05) is 4.90 Å². The minimum Gasteiger partial charge on any atom is -0.480 e. The lowest BCUT2D eigenvalue weighted by Crippen LogP contribution is -2.36. The number of rotatable bonds is 4. The van der Waals surface area contributed by atoms with Crippen LogP contribution in [0, 0.1) is 0 Å². The van der Waals surface area contributed by atoms with Crippen LogP contribution in [-0.2, 0) is 9.59 Å². The largest absolute Gasteiger partial charge is 0.480 e. The van der Waals surface area contributed by atoms with Crippen molar-refractivity contribution in [1.82, 2.24) is 4.90 Å². The van der Waals surface area contributed by atoms with Crippen molar-refractivity contribution in [2.75, 3.05) is 13.1 Å². The number of primary amides is 1. The van der Waals surface area contributed by atoms with Gasteiger partial charge >= 0.3 is 5.97 Å². The highest BCUT2D eigenvalue weighted by atomic mass is 16.4. The number of nitrogens with two attached hydrogens (primary N) is 1. The van der Waals surface area contributed by atoms with Crippen molar-refractivity contribution in [2.24, 2.45) is 5.73 Å². The molecule has 1 saturated heterocycles. The van der Waals surface area contributed by atoms with Gasteiger partial charge in [0.25, 0.3) is 0 Å². The fourth-order valence-corrected chi connectivity index (χ4v) is 1.63. The summed E-state index contributed by atoms with van der Waals surface area (Å²) >= 11 is 0. The predicted molar refractivity (Wildman–Crippen MR) is 50.6 cm³/mol. The summed E-state index contributed by atoms with van der Waals surface area (Å²) in [6, 6.07) is -0.410. The van der Waals surface area contributed by atoms with E-state index >= 15 is 0 Å². The molecule has 1 aliphatic rings. The van der Waals surface area contributed by atoms with E-state index in [1.165, 1.54) is 6.08 Å². The number of hydrogen-bond acceptors (Lipinski definition) is 3. The zero-order valence-electron chi connectivity index (χ0n) is 7.85. The molecule has 1 rings (SSSR count). The molecule has 0 bridgehead atoms. The first-order valence-electron chi connectivity index (χ1n) is 4.54. The molecule has 1 heterocycles. The van der Waals surface area contributed by atoms with Crippen molar-refractivity contribution < 1.29 is 14.7 Å². The molecule has 1 atom stereocenters. The van der Waals surface area contributed by atoms with E-state index in [4.69, 9.17) is 10.8 Å². The first-order chi connectivity index (χ1) is 6.61. The maximum Gasteiger partial charge on any atom is 0.320 e. The Bertz CT molecular complexity index is 263. The summed E-state index contributed by atoms with van der Waals surface area (Å²) in [4.78, 5) is 23.0. The first kappa shape index (κ1) is 10.7. The van der Waals surface area contributed by atoms with Crippen molar-refractivity contribution in [3.8, 4) is 0 Å². The maximum absolute atomic E-state index is 10.8. The van der Waals surface area contributed by atoms with Gasteiger partial charge in [-0.1, -0.05) is 6.08 Å². The molecule has 0 aliphatic carbocycles. The molecule has 78 valence electrons. The molecule has 1 unspecified atom stereocenters. The van der Waals surface area contributed by atoms with Gasteiger partial charge in [-0.05, 0) is 25.5 Å². The summed E-state index contributed by atoms with van der Waals surface area (Å²) in [5.74, 6) is -1.30. The molecule has 0 aromatic rings. The molecule has 5 nitrogen and oxygen atoms in total. The summed E-state index contributed by atoms with van der Waals surface area (Å²) in [6.45, 7) is 1.24. The van der Waals surface area contributed by atoms with Crippen molar-refractivity contribution in [3.63, 3.8) is 0 Å². The smallest absolute Gasteiger partial charge is 0.320 e. The van der Waals surface area contributed by atoms with E-state index in [1.54, 1.807) is 6.08 Å². The Balaban J connectivity index is 2.44. The third-order valence-electron chi connectivity index (χ3n) is 2.27. The Morgan fingerprint density at radius 1 is 1.57 bits per heavy atom. The number of carboxylic acid groups (broad SMARTS) is 1. The highest BCUT2D eigenvalue weighted by Gasteiger charge is 2.29. The minimum atomic E-state index is -0.796. The molecule has 0 saturated carbocycles. The normalized spacial score (nSPS) is 23.0. The molecule has 3 N–H and O–H groups in total. The molecule has 14 heavy (non-hydrogen) atoms. The van der Waals surface area contributed by atoms with Crippen molar-refractivity contribution in [3.05, 3.63) is 12.2 Å². The Kier molecular flexibility index (Phi) is 3.64. The lowest BCUT2D eigenvalue weighted by Gasteiger charge is -2.18. The number of hydrogen-bond donors (Lipinski definition) is 2. The van der Waals surface area contributed by atoms with Gasteiger partial charge in [0.15, 0.2) is 0 Å². The molecular weight excluding hydrogens is 184 g/mol. The number of aliphatic carboxylic acids is 1. The van der Waals surface area contributed by atoms with Gasteiger partial charge in [0.2, 0.25) is 5.91 Å². The van der Waals surface area contributed by atoms with Gasteiger partial charge in [-0.15, -0.1) is 0 Å². The average molecular weight is 198 g/mol. The summed E-state index contributed by atoms with van der Waals surface area (Å²) < 4.78 is 0. The van der Waals surface area contributed by atoms with Crippen LogP contribution >= 0.6 is 0 Å². The van der Waals surface area contributed by atoms with Crippen LogP contribution in [0.3, 0.4) is 0 Å². The molecule has 0 radical (unpaired) electrons. The van der Waals surface area contributed by atoms with Crippen LogP contribution < -0.4 is 5.73 Å². The molecule has 1 aliphatic heterocycles. The van der Waals surface area contributed by atoms with Gasteiger partial charge in [-0.2, -0.15) is 0 Å². The summed E-state index contributed by atoms with van der Waals surface area (Å²) in [6.07, 6.45) is 4.43. The Labute approximate surface area is 82.2 Å². The van der Waals surface area contributed by atoms with Gasteiger partial charge in [-0.25, -0.2) is 0 Å². The Morgan fingerprint density at radius 2 is 2.29 bits per heavy atom. The van der Waals surface area contributed by atoms with Crippen LogP contribution in [0.25, 0.3) is 0 Å². The summed E-state index contributed by atoms with van der Waals surface area (Å²) in [5.41, 5.74) is 4.91. The molecule has 1 amide bonds. The summed E-state index contributed by atoms with van der Waals surface area (Å²) in [7, 11) is 0. The zero-order chi connectivity index (χ0) is 10.6. The van der Waals surface area contributed by atoms with E-state index in [2.05, 4.69) is 0 Å². The fraction of sp³-hybridized carbons (Fsp3) is 0.556. The monoisotopic (exact) mass is 198 g/mol. The van der Waals surface area contributed by atoms with Gasteiger partial charge in [0, 0.05) is 6.54 Å². The number of likely N-dealkylation sites (tertiary alicyclic amines) is 1. The van der Waals surface area contributed by atoms with Gasteiger partial charge < -0.3 is 10.8 Å². The van der Waals surface area contributed by atoms with Crippen LogP contribution in [0.5, 0.6) is 0 Å². The van der Waals surface area contributed by atoms with Crippen LogP contribution in [0.2, 0.25) is 0 Å². The number of amides is 1. The van der Waals surface area contributed by atoms with Crippen molar-refractivity contribution in [2.45, 2.75) is 18.9 Å². The quantitative estimate of drug-likeness (QED) is 0.601. The Hall–Kier alpha value is -1.36. The molecule has 0 spiro atoms. The Morgan fingerprint density at radius 3 is 2.86 bits per heavy atom. The van der Waals surface area contributed by atoms with E-state index in [0.717, 1.165) is 13.0 Å². The summed E-state index contributed by atoms with van der Waals surface area (Å²) in [5, 5.41) is 8.83. The van der Waals surface area contributed by atoms with Gasteiger partial charge in [-0.3, -0.25) is 14.5 Å².